The van der Waals surface area contributed by atoms with Crippen molar-refractivity contribution < 1.29 is 43.2 Å². The molecular weight excluding hydrogens is 589 g/mol. The number of carboxylic acid groups (broad SMARTS) is 2. The van der Waals surface area contributed by atoms with Gasteiger partial charge in [-0.05, 0) is 57.5 Å². The summed E-state index contributed by atoms with van der Waals surface area (Å²) in [7, 11) is 3.12. The number of amides is 2. The van der Waals surface area contributed by atoms with Crippen LogP contribution in [0.3, 0.4) is 0 Å². The summed E-state index contributed by atoms with van der Waals surface area (Å²) in [4.78, 5) is 42.5. The van der Waals surface area contributed by atoms with Crippen LogP contribution in [0.5, 0.6) is 5.75 Å². The summed E-state index contributed by atoms with van der Waals surface area (Å²) in [5.74, 6) is -1.09. The first-order valence-electron chi connectivity index (χ1n) is 14.2. The molecule has 1 saturated heterocycles. The van der Waals surface area contributed by atoms with Gasteiger partial charge in [-0.1, -0.05) is 0 Å². The fraction of sp³-hybridized carbons (Fsp3) is 0.452. The van der Waals surface area contributed by atoms with E-state index in [1.54, 1.807) is 46.9 Å². The number of likely N-dealkylation sites (N-methyl/N-ethyl adjacent to an activating group) is 1. The molecule has 1 aliphatic heterocycles. The lowest BCUT2D eigenvalue weighted by molar-refractivity contribution is -0.141. The van der Waals surface area contributed by atoms with Crippen molar-refractivity contribution in [2.75, 3.05) is 27.2 Å². The molecular formula is C31H36FN5O8. The lowest BCUT2D eigenvalue weighted by Crippen LogP contribution is -2.40. The van der Waals surface area contributed by atoms with E-state index in [2.05, 4.69) is 11.1 Å². The molecule has 2 aromatic carbocycles. The van der Waals surface area contributed by atoms with Crippen LogP contribution in [-0.2, 0) is 20.8 Å². The molecule has 1 aromatic heterocycles. The predicted molar refractivity (Wildman–Crippen MR) is 159 cm³/mol. The number of carbonyl (C=O) groups excluding carboxylic acids is 1. The van der Waals surface area contributed by atoms with Crippen molar-refractivity contribution in [1.29, 1.82) is 5.26 Å². The van der Waals surface area contributed by atoms with E-state index in [1.165, 1.54) is 30.2 Å². The van der Waals surface area contributed by atoms with Crippen molar-refractivity contribution >= 4 is 29.2 Å². The van der Waals surface area contributed by atoms with Crippen molar-refractivity contribution in [3.05, 3.63) is 47.5 Å². The van der Waals surface area contributed by atoms with Crippen LogP contribution < -0.4 is 4.74 Å². The molecule has 0 radical (unpaired) electrons. The zero-order valence-corrected chi connectivity index (χ0v) is 25.9. The van der Waals surface area contributed by atoms with Crippen LogP contribution in [0.15, 0.2) is 30.3 Å². The summed E-state index contributed by atoms with van der Waals surface area (Å²) in [5, 5.41) is 28.7. The molecule has 13 nitrogen and oxygen atoms in total. The number of aromatic nitrogens is 2. The predicted octanol–water partition coefficient (Wildman–Crippen LogP) is 4.49. The number of rotatable bonds is 9. The van der Waals surface area contributed by atoms with Crippen molar-refractivity contribution in [3.8, 4) is 22.9 Å². The summed E-state index contributed by atoms with van der Waals surface area (Å²) in [6.45, 7) is 7.35. The quantitative estimate of drug-likeness (QED) is 0.346. The van der Waals surface area contributed by atoms with Crippen molar-refractivity contribution in [2.45, 2.75) is 64.5 Å². The minimum Gasteiger partial charge on any atom is -0.488 e. The Hall–Kier alpha value is -4.90. The third-order valence-electron chi connectivity index (χ3n) is 7.34. The second-order valence-corrected chi connectivity index (χ2v) is 11.9. The van der Waals surface area contributed by atoms with Crippen molar-refractivity contribution in [1.82, 2.24) is 19.4 Å². The summed E-state index contributed by atoms with van der Waals surface area (Å²) in [6, 6.07) is 8.02. The van der Waals surface area contributed by atoms with E-state index in [9.17, 15) is 34.2 Å². The minimum absolute atomic E-state index is 0.0833. The smallest absolute Gasteiger partial charge is 0.410 e. The number of halogens is 1. The SMILES string of the molecule is COC(CN(C)C(=O)OC(C)(C)C)Cn1c(C)nc2cc(F)cc(-c3cc(C#N)cc(O[C@H]4C[C@@H](C(=O)O)N(C(=O)O)C4)c3)c21. The topological polar surface area (TPSA) is 167 Å². The van der Waals surface area contributed by atoms with E-state index in [-0.39, 0.29) is 37.4 Å². The number of fused-ring (bicyclic) bond motifs is 1. The van der Waals surface area contributed by atoms with Gasteiger partial charge in [-0.15, -0.1) is 0 Å². The van der Waals surface area contributed by atoms with Crippen LogP contribution >= 0.6 is 0 Å². The molecule has 0 bridgehead atoms. The molecule has 45 heavy (non-hydrogen) atoms. The number of nitriles is 1. The maximum absolute atomic E-state index is 15.0. The number of methoxy groups -OCH3 is 1. The van der Waals surface area contributed by atoms with Gasteiger partial charge in [0.1, 0.15) is 35.1 Å². The van der Waals surface area contributed by atoms with Crippen LogP contribution in [-0.4, -0.2) is 98.8 Å². The zero-order valence-electron chi connectivity index (χ0n) is 25.9. The third-order valence-corrected chi connectivity index (χ3v) is 7.34. The highest BCUT2D eigenvalue weighted by molar-refractivity contribution is 5.93. The molecule has 240 valence electrons. The van der Waals surface area contributed by atoms with Gasteiger partial charge in [-0.3, -0.25) is 4.90 Å². The first-order valence-corrected chi connectivity index (χ1v) is 14.2. The number of likely N-dealkylation sites (tertiary alicyclic amines) is 1. The van der Waals surface area contributed by atoms with E-state index >= 15 is 0 Å². The van der Waals surface area contributed by atoms with E-state index in [4.69, 9.17) is 14.2 Å². The molecule has 3 atom stereocenters. The van der Waals surface area contributed by atoms with Gasteiger partial charge in [0.05, 0.1) is 48.4 Å². The molecule has 2 N–H and O–H groups in total. The van der Waals surface area contributed by atoms with Crippen LogP contribution in [0.25, 0.3) is 22.2 Å². The van der Waals surface area contributed by atoms with Gasteiger partial charge in [0, 0.05) is 32.2 Å². The lowest BCUT2D eigenvalue weighted by atomic mass is 10.0. The van der Waals surface area contributed by atoms with Crippen LogP contribution in [0.2, 0.25) is 0 Å². The number of aryl methyl sites for hydroxylation is 1. The van der Waals surface area contributed by atoms with E-state index in [0.717, 1.165) is 4.90 Å². The Labute approximate surface area is 259 Å². The molecule has 14 heteroatoms. The number of aliphatic carboxylic acids is 1. The molecule has 2 heterocycles. The highest BCUT2D eigenvalue weighted by Crippen LogP contribution is 2.35. The Balaban J connectivity index is 1.70. The molecule has 0 saturated carbocycles. The second-order valence-electron chi connectivity index (χ2n) is 11.9. The molecule has 1 unspecified atom stereocenters. The molecule has 0 aliphatic carbocycles. The van der Waals surface area contributed by atoms with Gasteiger partial charge in [0.15, 0.2) is 0 Å². The summed E-state index contributed by atoms with van der Waals surface area (Å²) >= 11 is 0. The minimum atomic E-state index is -1.38. The maximum Gasteiger partial charge on any atom is 0.410 e. The average Bonchev–Trinajstić information content (AvgIpc) is 3.51. The first kappa shape index (κ1) is 33.0. The number of carboxylic acids is 1. The summed E-state index contributed by atoms with van der Waals surface area (Å²) < 4.78 is 34.0. The Morgan fingerprint density at radius 2 is 1.91 bits per heavy atom. The molecule has 3 aromatic rings. The number of hydrogen-bond acceptors (Lipinski definition) is 8. The van der Waals surface area contributed by atoms with Gasteiger partial charge in [0.2, 0.25) is 0 Å². The molecule has 2 amide bonds. The Morgan fingerprint density at radius 1 is 1.20 bits per heavy atom. The standard InChI is InChI=1S/C31H36FN5O8/c1-17-34-25-11-20(32)10-24(27(25)36(17)16-23(43-6)14-35(5)30(42)45-31(2,3)4)19-7-18(13-33)8-21(9-19)44-22-12-26(28(38)39)37(15-22)29(40)41/h7-11,22-23,26H,12,14-16H2,1-6H3,(H,38,39)(H,40,41)/t22-,23?,26-/m0/s1. The Bertz CT molecular complexity index is 1640. The Kier molecular flexibility index (Phi) is 9.53. The van der Waals surface area contributed by atoms with Crippen molar-refractivity contribution in [3.63, 3.8) is 0 Å². The second kappa shape index (κ2) is 13.0. The van der Waals surface area contributed by atoms with Gasteiger partial charge < -0.3 is 33.9 Å². The fourth-order valence-electron chi connectivity index (χ4n) is 5.33. The summed E-state index contributed by atoms with van der Waals surface area (Å²) in [6.07, 6.45) is -3.25. The monoisotopic (exact) mass is 625 g/mol. The van der Waals surface area contributed by atoms with E-state index < -0.39 is 47.8 Å². The normalized spacial score (nSPS) is 17.2. The Morgan fingerprint density at radius 3 is 2.49 bits per heavy atom. The molecule has 1 fully saturated rings. The number of carbonyl (C=O) groups is 3. The maximum atomic E-state index is 15.0. The lowest BCUT2D eigenvalue weighted by Gasteiger charge is -2.27. The van der Waals surface area contributed by atoms with Gasteiger partial charge in [0.25, 0.3) is 0 Å². The van der Waals surface area contributed by atoms with Gasteiger partial charge in [-0.25, -0.2) is 23.8 Å². The number of hydrogen-bond donors (Lipinski definition) is 2. The number of nitrogens with zero attached hydrogens (tertiary/aromatic N) is 5. The number of ether oxygens (including phenoxy) is 3. The zero-order chi connectivity index (χ0) is 33.2. The van der Waals surface area contributed by atoms with Crippen LogP contribution in [0, 0.1) is 24.1 Å². The van der Waals surface area contributed by atoms with Gasteiger partial charge in [-0.2, -0.15) is 5.26 Å². The summed E-state index contributed by atoms with van der Waals surface area (Å²) in [5.41, 5.74) is 1.28. The largest absolute Gasteiger partial charge is 0.488 e. The van der Waals surface area contributed by atoms with Gasteiger partial charge >= 0.3 is 18.2 Å². The van der Waals surface area contributed by atoms with Crippen molar-refractivity contribution in [2.24, 2.45) is 0 Å². The molecule has 0 spiro atoms. The van der Waals surface area contributed by atoms with E-state index in [0.29, 0.717) is 28.0 Å². The van der Waals surface area contributed by atoms with E-state index in [1.807, 2.05) is 4.57 Å². The first-order chi connectivity index (χ1) is 21.1. The number of imidazole rings is 1. The molecule has 4 rings (SSSR count). The van der Waals surface area contributed by atoms with Crippen LogP contribution in [0.1, 0.15) is 38.6 Å². The molecule has 1 aliphatic rings. The average molecular weight is 626 g/mol. The highest BCUT2D eigenvalue weighted by atomic mass is 19.1. The number of benzene rings is 2. The highest BCUT2D eigenvalue weighted by Gasteiger charge is 2.41. The van der Waals surface area contributed by atoms with Crippen LogP contribution in [0.4, 0.5) is 14.0 Å². The fourth-order valence-corrected chi connectivity index (χ4v) is 5.33. The third kappa shape index (κ3) is 7.61.